The van der Waals surface area contributed by atoms with E-state index in [1.165, 1.54) is 6.26 Å². The molecule has 0 bridgehead atoms. The normalized spacial score (nSPS) is 26.7. The minimum Gasteiger partial charge on any atom is -0.459 e. The van der Waals surface area contributed by atoms with Crippen LogP contribution in [0.2, 0.25) is 0 Å². The number of furan rings is 1. The molecule has 15 heavy (non-hydrogen) atoms. The molecule has 0 spiro atoms. The molecule has 1 aliphatic rings. The Morgan fingerprint density at radius 1 is 1.60 bits per heavy atom. The number of nitrogens with one attached hydrogen (secondary N) is 1. The van der Waals surface area contributed by atoms with Gasteiger partial charge in [0, 0.05) is 25.2 Å². The molecule has 2 rings (SSSR count). The minimum atomic E-state index is -0.0131. The van der Waals surface area contributed by atoms with E-state index < -0.39 is 0 Å². The lowest BCUT2D eigenvalue weighted by Gasteiger charge is -2.38. The number of nitrogens with zero attached hydrogens (tertiary/aromatic N) is 1. The van der Waals surface area contributed by atoms with Gasteiger partial charge in [-0.3, -0.25) is 4.79 Å². The van der Waals surface area contributed by atoms with E-state index in [1.54, 1.807) is 12.1 Å². The zero-order chi connectivity index (χ0) is 10.8. The second-order valence-electron chi connectivity index (χ2n) is 3.96. The summed E-state index contributed by atoms with van der Waals surface area (Å²) in [6, 6.07) is 3.99. The van der Waals surface area contributed by atoms with Crippen LogP contribution in [0, 0.1) is 0 Å². The van der Waals surface area contributed by atoms with Gasteiger partial charge in [-0.15, -0.1) is 0 Å². The molecule has 0 saturated carbocycles. The first-order valence-corrected chi connectivity index (χ1v) is 5.28. The zero-order valence-corrected chi connectivity index (χ0v) is 9.06. The first kappa shape index (κ1) is 10.2. The van der Waals surface area contributed by atoms with Crippen molar-refractivity contribution in [2.75, 3.05) is 13.1 Å². The highest BCUT2D eigenvalue weighted by atomic mass is 16.3. The van der Waals surface area contributed by atoms with Crippen LogP contribution in [0.1, 0.15) is 24.4 Å². The smallest absolute Gasteiger partial charge is 0.289 e. The summed E-state index contributed by atoms with van der Waals surface area (Å²) >= 11 is 0. The Bertz CT molecular complexity index is 334. The summed E-state index contributed by atoms with van der Waals surface area (Å²) in [5.74, 6) is 0.414. The largest absolute Gasteiger partial charge is 0.459 e. The van der Waals surface area contributed by atoms with E-state index in [0.717, 1.165) is 13.1 Å². The van der Waals surface area contributed by atoms with Crippen LogP contribution in [0.4, 0.5) is 0 Å². The number of carbonyl (C=O) groups is 1. The van der Waals surface area contributed by atoms with Crippen molar-refractivity contribution in [3.05, 3.63) is 24.2 Å². The first-order chi connectivity index (χ1) is 7.20. The Labute approximate surface area is 89.2 Å². The molecule has 4 nitrogen and oxygen atoms in total. The maximum absolute atomic E-state index is 12.0. The van der Waals surface area contributed by atoms with E-state index in [0.29, 0.717) is 11.8 Å². The average Bonchev–Trinajstić information content (AvgIpc) is 2.74. The standard InChI is InChI=1S/C11H16N2O2/c1-8-9(2)13(6-5-12-8)11(14)10-4-3-7-15-10/h3-4,7-9,12H,5-6H2,1-2H3/t8-,9-/m1/s1. The van der Waals surface area contributed by atoms with Crippen molar-refractivity contribution in [3.8, 4) is 0 Å². The number of rotatable bonds is 1. The molecule has 0 radical (unpaired) electrons. The highest BCUT2D eigenvalue weighted by molar-refractivity contribution is 5.91. The zero-order valence-electron chi connectivity index (χ0n) is 9.06. The van der Waals surface area contributed by atoms with E-state index in [4.69, 9.17) is 4.42 Å². The fourth-order valence-corrected chi connectivity index (χ4v) is 1.89. The Balaban J connectivity index is 2.13. The van der Waals surface area contributed by atoms with Crippen LogP contribution in [0.3, 0.4) is 0 Å². The molecule has 1 aromatic rings. The number of carbonyl (C=O) groups excluding carboxylic acids is 1. The van der Waals surface area contributed by atoms with Crippen molar-refractivity contribution in [2.24, 2.45) is 0 Å². The number of amides is 1. The van der Waals surface area contributed by atoms with E-state index in [-0.39, 0.29) is 11.9 Å². The average molecular weight is 208 g/mol. The van der Waals surface area contributed by atoms with E-state index in [2.05, 4.69) is 19.2 Å². The van der Waals surface area contributed by atoms with Gasteiger partial charge in [0.1, 0.15) is 0 Å². The lowest BCUT2D eigenvalue weighted by atomic mass is 10.1. The molecule has 1 aromatic heterocycles. The summed E-state index contributed by atoms with van der Waals surface area (Å²) in [5.41, 5.74) is 0. The monoisotopic (exact) mass is 208 g/mol. The van der Waals surface area contributed by atoms with Gasteiger partial charge in [0.2, 0.25) is 0 Å². The molecule has 4 heteroatoms. The molecule has 1 saturated heterocycles. The molecule has 1 amide bonds. The van der Waals surface area contributed by atoms with Gasteiger partial charge in [0.25, 0.3) is 5.91 Å². The number of hydrogen-bond acceptors (Lipinski definition) is 3. The molecule has 82 valence electrons. The lowest BCUT2D eigenvalue weighted by molar-refractivity contribution is 0.0571. The third kappa shape index (κ3) is 1.90. The summed E-state index contributed by atoms with van der Waals surface area (Å²) in [6.45, 7) is 5.73. The molecule has 0 aromatic carbocycles. The van der Waals surface area contributed by atoms with E-state index >= 15 is 0 Å². The van der Waals surface area contributed by atoms with Crippen molar-refractivity contribution in [3.63, 3.8) is 0 Å². The molecule has 1 aliphatic heterocycles. The molecular formula is C11H16N2O2. The van der Waals surface area contributed by atoms with Crippen molar-refractivity contribution in [1.29, 1.82) is 0 Å². The van der Waals surface area contributed by atoms with Crippen molar-refractivity contribution in [2.45, 2.75) is 25.9 Å². The van der Waals surface area contributed by atoms with Crippen LogP contribution >= 0.6 is 0 Å². The van der Waals surface area contributed by atoms with Crippen LogP contribution in [-0.4, -0.2) is 36.0 Å². The van der Waals surface area contributed by atoms with Gasteiger partial charge in [-0.25, -0.2) is 0 Å². The molecule has 0 unspecified atom stereocenters. The van der Waals surface area contributed by atoms with Crippen molar-refractivity contribution in [1.82, 2.24) is 10.2 Å². The molecule has 1 fully saturated rings. The second kappa shape index (κ2) is 4.06. The van der Waals surface area contributed by atoms with Gasteiger partial charge in [-0.1, -0.05) is 0 Å². The number of hydrogen-bond donors (Lipinski definition) is 1. The Morgan fingerprint density at radius 3 is 3.07 bits per heavy atom. The molecule has 2 heterocycles. The van der Waals surface area contributed by atoms with E-state index in [9.17, 15) is 4.79 Å². The predicted octanol–water partition coefficient (Wildman–Crippen LogP) is 1.10. The van der Waals surface area contributed by atoms with Crippen LogP contribution in [0.25, 0.3) is 0 Å². The van der Waals surface area contributed by atoms with Gasteiger partial charge < -0.3 is 14.6 Å². The Hall–Kier alpha value is -1.29. The van der Waals surface area contributed by atoms with Crippen LogP contribution in [0.5, 0.6) is 0 Å². The lowest BCUT2D eigenvalue weighted by Crippen LogP contribution is -2.57. The first-order valence-electron chi connectivity index (χ1n) is 5.28. The summed E-state index contributed by atoms with van der Waals surface area (Å²) in [6.07, 6.45) is 1.53. The van der Waals surface area contributed by atoms with Gasteiger partial charge in [-0.2, -0.15) is 0 Å². The second-order valence-corrected chi connectivity index (χ2v) is 3.96. The van der Waals surface area contributed by atoms with Gasteiger partial charge >= 0.3 is 0 Å². The fourth-order valence-electron chi connectivity index (χ4n) is 1.89. The van der Waals surface area contributed by atoms with Gasteiger partial charge in [0.15, 0.2) is 5.76 Å². The van der Waals surface area contributed by atoms with Crippen LogP contribution in [-0.2, 0) is 0 Å². The molecule has 2 atom stereocenters. The Kier molecular flexibility index (Phi) is 2.77. The molecular weight excluding hydrogens is 192 g/mol. The van der Waals surface area contributed by atoms with Crippen LogP contribution < -0.4 is 5.32 Å². The van der Waals surface area contributed by atoms with Crippen LogP contribution in [0.15, 0.2) is 22.8 Å². The predicted molar refractivity (Wildman–Crippen MR) is 56.7 cm³/mol. The molecule has 0 aliphatic carbocycles. The summed E-state index contributed by atoms with van der Waals surface area (Å²) < 4.78 is 5.12. The van der Waals surface area contributed by atoms with Crippen molar-refractivity contribution < 1.29 is 9.21 Å². The molecule has 1 N–H and O–H groups in total. The third-order valence-corrected chi connectivity index (χ3v) is 3.03. The summed E-state index contributed by atoms with van der Waals surface area (Å²) in [5, 5.41) is 3.34. The van der Waals surface area contributed by atoms with E-state index in [1.807, 2.05) is 4.90 Å². The topological polar surface area (TPSA) is 45.5 Å². The maximum atomic E-state index is 12.0. The summed E-state index contributed by atoms with van der Waals surface area (Å²) in [7, 11) is 0. The fraction of sp³-hybridized carbons (Fsp3) is 0.545. The summed E-state index contributed by atoms with van der Waals surface area (Å²) in [4.78, 5) is 13.9. The quantitative estimate of drug-likeness (QED) is 0.751. The Morgan fingerprint density at radius 2 is 2.40 bits per heavy atom. The highest BCUT2D eigenvalue weighted by Gasteiger charge is 2.29. The highest BCUT2D eigenvalue weighted by Crippen LogP contribution is 2.13. The maximum Gasteiger partial charge on any atom is 0.289 e. The van der Waals surface area contributed by atoms with Gasteiger partial charge in [0.05, 0.1) is 6.26 Å². The third-order valence-electron chi connectivity index (χ3n) is 3.03. The SMILES string of the molecule is C[C@@H]1[C@@H](C)NCCN1C(=O)c1ccco1. The van der Waals surface area contributed by atoms with Crippen molar-refractivity contribution >= 4 is 5.91 Å². The minimum absolute atomic E-state index is 0.0131. The van der Waals surface area contributed by atoms with Gasteiger partial charge in [-0.05, 0) is 26.0 Å². The number of piperazine rings is 1.